The molecule has 1 N–H and O–H groups in total. The normalized spacial score (nSPS) is 23.0. The molecule has 0 aliphatic carbocycles. The Balaban J connectivity index is 2.04. The van der Waals surface area contributed by atoms with Crippen LogP contribution in [0, 0.1) is 0 Å². The zero-order chi connectivity index (χ0) is 15.6. The molecule has 1 saturated heterocycles. The molecule has 1 aliphatic rings. The number of hydrogen-bond donors (Lipinski definition) is 1. The Labute approximate surface area is 125 Å². The first kappa shape index (κ1) is 15.5. The van der Waals surface area contributed by atoms with Crippen LogP contribution in [0.25, 0.3) is 0 Å². The van der Waals surface area contributed by atoms with Crippen molar-refractivity contribution in [1.82, 2.24) is 9.80 Å². The third-order valence-electron chi connectivity index (χ3n) is 4.17. The fourth-order valence-electron chi connectivity index (χ4n) is 2.59. The lowest BCUT2D eigenvalue weighted by Gasteiger charge is -2.42. The molecule has 21 heavy (non-hydrogen) atoms. The van der Waals surface area contributed by atoms with Crippen LogP contribution in [0.2, 0.25) is 0 Å². The summed E-state index contributed by atoms with van der Waals surface area (Å²) in [6, 6.07) is 7.60. The van der Waals surface area contributed by atoms with Gasteiger partial charge in [0.1, 0.15) is 0 Å². The molecule has 1 fully saturated rings. The molecule has 2 rings (SSSR count). The van der Waals surface area contributed by atoms with Crippen molar-refractivity contribution in [2.75, 3.05) is 25.5 Å². The van der Waals surface area contributed by atoms with Gasteiger partial charge >= 0.3 is 6.03 Å². The van der Waals surface area contributed by atoms with Crippen molar-refractivity contribution in [1.29, 1.82) is 0 Å². The van der Waals surface area contributed by atoms with Gasteiger partial charge in [-0.2, -0.15) is 0 Å². The number of nitrogens with one attached hydrogen (secondary N) is 1. The molecule has 1 aromatic rings. The van der Waals surface area contributed by atoms with Crippen molar-refractivity contribution in [2.24, 2.45) is 0 Å². The summed E-state index contributed by atoms with van der Waals surface area (Å²) in [5, 5.41) is 2.88. The van der Waals surface area contributed by atoms with E-state index < -0.39 is 0 Å². The van der Waals surface area contributed by atoms with E-state index in [-0.39, 0.29) is 11.8 Å². The highest BCUT2D eigenvalue weighted by molar-refractivity contribution is 5.96. The molecule has 2 amide bonds. The maximum atomic E-state index is 12.4. The zero-order valence-electron chi connectivity index (χ0n) is 13.1. The van der Waals surface area contributed by atoms with Gasteiger partial charge in [-0.15, -0.1) is 0 Å². The third kappa shape index (κ3) is 3.61. The van der Waals surface area contributed by atoms with Gasteiger partial charge in [-0.25, -0.2) is 4.79 Å². The van der Waals surface area contributed by atoms with Crippen molar-refractivity contribution in [2.45, 2.75) is 32.9 Å². The molecular weight excluding hydrogens is 266 g/mol. The van der Waals surface area contributed by atoms with Gasteiger partial charge < -0.3 is 10.2 Å². The van der Waals surface area contributed by atoms with E-state index in [9.17, 15) is 9.59 Å². The predicted molar refractivity (Wildman–Crippen MR) is 83.7 cm³/mol. The quantitative estimate of drug-likeness (QED) is 0.851. The highest BCUT2D eigenvalue weighted by atomic mass is 16.2. The summed E-state index contributed by atoms with van der Waals surface area (Å²) in [5.74, 6) is -0.00654. The SMILES string of the molecule is CC(=O)c1cccc(NC(=O)N2CC(C)N(C)C(C)C2)c1. The van der Waals surface area contributed by atoms with Crippen LogP contribution in [0.15, 0.2) is 24.3 Å². The first-order chi connectivity index (χ1) is 9.88. The highest BCUT2D eigenvalue weighted by Crippen LogP contribution is 2.16. The minimum absolute atomic E-state index is 0.00654. The van der Waals surface area contributed by atoms with Gasteiger partial charge in [0.05, 0.1) is 0 Å². The van der Waals surface area contributed by atoms with Crippen LogP contribution in [0.3, 0.4) is 0 Å². The standard InChI is InChI=1S/C16H23N3O2/c1-11-9-19(10-12(2)18(11)4)16(21)17-15-7-5-6-14(8-15)13(3)20/h5-8,11-12H,9-10H2,1-4H3,(H,17,21). The summed E-state index contributed by atoms with van der Waals surface area (Å²) in [6.45, 7) is 7.17. The van der Waals surface area contributed by atoms with Gasteiger partial charge in [0.15, 0.2) is 5.78 Å². The minimum atomic E-state index is -0.109. The lowest BCUT2D eigenvalue weighted by Crippen LogP contribution is -2.57. The summed E-state index contributed by atoms with van der Waals surface area (Å²) in [6.07, 6.45) is 0. The van der Waals surface area contributed by atoms with E-state index in [1.54, 1.807) is 24.3 Å². The number of carbonyl (C=O) groups excluding carboxylic acids is 2. The molecule has 0 aromatic heterocycles. The first-order valence-corrected chi connectivity index (χ1v) is 7.27. The summed E-state index contributed by atoms with van der Waals surface area (Å²) in [5.41, 5.74) is 1.26. The van der Waals surface area contributed by atoms with E-state index in [4.69, 9.17) is 0 Å². The maximum absolute atomic E-state index is 12.4. The molecule has 114 valence electrons. The lowest BCUT2D eigenvalue weighted by atomic mass is 10.1. The third-order valence-corrected chi connectivity index (χ3v) is 4.17. The number of Topliss-reactive ketones (excluding diaryl/α,β-unsaturated/α-hetero) is 1. The number of anilines is 1. The van der Waals surface area contributed by atoms with Gasteiger partial charge in [-0.1, -0.05) is 12.1 Å². The van der Waals surface area contributed by atoms with Crippen LogP contribution in [-0.2, 0) is 0 Å². The van der Waals surface area contributed by atoms with E-state index in [1.807, 2.05) is 4.90 Å². The molecule has 1 heterocycles. The van der Waals surface area contributed by atoms with E-state index in [0.29, 0.717) is 36.4 Å². The molecule has 0 bridgehead atoms. The largest absolute Gasteiger partial charge is 0.321 e. The number of ketones is 1. The molecule has 0 radical (unpaired) electrons. The highest BCUT2D eigenvalue weighted by Gasteiger charge is 2.29. The van der Waals surface area contributed by atoms with Gasteiger partial charge in [-0.3, -0.25) is 9.69 Å². The number of piperazine rings is 1. The lowest BCUT2D eigenvalue weighted by molar-refractivity contribution is 0.0816. The summed E-state index contributed by atoms with van der Waals surface area (Å²) < 4.78 is 0. The van der Waals surface area contributed by atoms with Crippen molar-refractivity contribution in [3.8, 4) is 0 Å². The molecule has 0 saturated carbocycles. The molecule has 5 nitrogen and oxygen atoms in total. The van der Waals surface area contributed by atoms with E-state index in [0.717, 1.165) is 0 Å². The second-order valence-corrected chi connectivity index (χ2v) is 5.84. The molecule has 1 aliphatic heterocycles. The van der Waals surface area contributed by atoms with Gasteiger partial charge in [0, 0.05) is 36.4 Å². The van der Waals surface area contributed by atoms with Gasteiger partial charge in [0.2, 0.25) is 0 Å². The van der Waals surface area contributed by atoms with Crippen LogP contribution in [0.1, 0.15) is 31.1 Å². The van der Waals surface area contributed by atoms with Crippen molar-refractivity contribution >= 4 is 17.5 Å². The number of carbonyl (C=O) groups is 2. The zero-order valence-corrected chi connectivity index (χ0v) is 13.1. The number of likely N-dealkylation sites (N-methyl/N-ethyl adjacent to an activating group) is 1. The van der Waals surface area contributed by atoms with Crippen molar-refractivity contribution < 1.29 is 9.59 Å². The molecule has 1 aromatic carbocycles. The fraction of sp³-hybridized carbons (Fsp3) is 0.500. The van der Waals surface area contributed by atoms with Gasteiger partial charge in [-0.05, 0) is 40.0 Å². The summed E-state index contributed by atoms with van der Waals surface area (Å²) in [7, 11) is 2.08. The predicted octanol–water partition coefficient (Wildman–Crippen LogP) is 2.45. The maximum Gasteiger partial charge on any atom is 0.321 e. The Morgan fingerprint density at radius 2 is 1.81 bits per heavy atom. The average Bonchev–Trinajstić information content (AvgIpc) is 2.44. The monoisotopic (exact) mass is 289 g/mol. The Bertz CT molecular complexity index is 532. The average molecular weight is 289 g/mol. The number of nitrogens with zero attached hydrogens (tertiary/aromatic N) is 2. The van der Waals surface area contributed by atoms with Crippen LogP contribution in [0.4, 0.5) is 10.5 Å². The van der Waals surface area contributed by atoms with Crippen molar-refractivity contribution in [3.05, 3.63) is 29.8 Å². The minimum Gasteiger partial charge on any atom is -0.321 e. The number of rotatable bonds is 2. The van der Waals surface area contributed by atoms with Crippen LogP contribution in [0.5, 0.6) is 0 Å². The Morgan fingerprint density at radius 1 is 1.19 bits per heavy atom. The fourth-order valence-corrected chi connectivity index (χ4v) is 2.59. The van der Waals surface area contributed by atoms with Gasteiger partial charge in [0.25, 0.3) is 0 Å². The topological polar surface area (TPSA) is 52.7 Å². The molecule has 0 spiro atoms. The number of benzene rings is 1. The van der Waals surface area contributed by atoms with Crippen LogP contribution >= 0.6 is 0 Å². The first-order valence-electron chi connectivity index (χ1n) is 7.27. The van der Waals surface area contributed by atoms with E-state index in [2.05, 4.69) is 31.1 Å². The smallest absolute Gasteiger partial charge is 0.321 e. The molecule has 2 unspecified atom stereocenters. The molecular formula is C16H23N3O2. The van der Waals surface area contributed by atoms with Crippen molar-refractivity contribution in [3.63, 3.8) is 0 Å². The Kier molecular flexibility index (Phi) is 4.63. The van der Waals surface area contributed by atoms with Crippen LogP contribution < -0.4 is 5.32 Å². The number of hydrogen-bond acceptors (Lipinski definition) is 3. The molecule has 2 atom stereocenters. The van der Waals surface area contributed by atoms with E-state index >= 15 is 0 Å². The Hall–Kier alpha value is -1.88. The second-order valence-electron chi connectivity index (χ2n) is 5.84. The molecule has 5 heteroatoms. The number of amides is 2. The summed E-state index contributed by atoms with van der Waals surface area (Å²) in [4.78, 5) is 27.8. The Morgan fingerprint density at radius 3 is 2.38 bits per heavy atom. The van der Waals surface area contributed by atoms with Crippen LogP contribution in [-0.4, -0.2) is 53.8 Å². The number of urea groups is 1. The van der Waals surface area contributed by atoms with E-state index in [1.165, 1.54) is 6.92 Å². The summed E-state index contributed by atoms with van der Waals surface area (Å²) >= 11 is 0. The second kappa shape index (κ2) is 6.26.